The number of thiazole rings is 1. The van der Waals surface area contributed by atoms with E-state index in [9.17, 15) is 14.7 Å². The van der Waals surface area contributed by atoms with Gasteiger partial charge < -0.3 is 19.0 Å². The maximum Gasteiger partial charge on any atom is 0.301 e. The van der Waals surface area contributed by atoms with Crippen LogP contribution in [0.2, 0.25) is 0 Å². The van der Waals surface area contributed by atoms with Crippen molar-refractivity contribution in [2.45, 2.75) is 39.7 Å². The van der Waals surface area contributed by atoms with E-state index in [1.54, 1.807) is 29.8 Å². The van der Waals surface area contributed by atoms with Crippen molar-refractivity contribution in [3.05, 3.63) is 76.2 Å². The molecule has 196 valence electrons. The van der Waals surface area contributed by atoms with Gasteiger partial charge in [0.25, 0.3) is 5.78 Å². The highest BCUT2D eigenvalue weighted by molar-refractivity contribution is 7.14. The Labute approximate surface area is 224 Å². The van der Waals surface area contributed by atoms with Crippen molar-refractivity contribution >= 4 is 39.6 Å². The number of aliphatic hydroxyl groups excluding tert-OH is 1. The average Bonchev–Trinajstić information content (AvgIpc) is 3.63. The van der Waals surface area contributed by atoms with Crippen LogP contribution in [0.4, 0.5) is 5.13 Å². The minimum Gasteiger partial charge on any atom is -0.505 e. The van der Waals surface area contributed by atoms with E-state index in [-0.39, 0.29) is 17.0 Å². The van der Waals surface area contributed by atoms with Crippen molar-refractivity contribution in [2.75, 3.05) is 18.6 Å². The zero-order chi connectivity index (χ0) is 27.0. The van der Waals surface area contributed by atoms with Gasteiger partial charge in [-0.3, -0.25) is 14.5 Å². The Morgan fingerprint density at radius 2 is 2.00 bits per heavy atom. The summed E-state index contributed by atoms with van der Waals surface area (Å²) in [4.78, 5) is 37.1. The lowest BCUT2D eigenvalue weighted by Gasteiger charge is -2.23. The SMILES string of the molecule is CCCCOc1ccc(C2C(=C(O)c3nc4c(C)cccn4c3C)C(=O)C(=O)N2c2nccs2)cc1OC. The second-order valence-electron chi connectivity index (χ2n) is 9.03. The second-order valence-corrected chi connectivity index (χ2v) is 9.90. The van der Waals surface area contributed by atoms with Gasteiger partial charge in [0.15, 0.2) is 22.4 Å². The molecule has 3 aromatic heterocycles. The molecule has 1 N–H and O–H groups in total. The highest BCUT2D eigenvalue weighted by atomic mass is 32.1. The summed E-state index contributed by atoms with van der Waals surface area (Å²) in [5, 5.41) is 13.7. The van der Waals surface area contributed by atoms with Crippen LogP contribution in [0, 0.1) is 13.8 Å². The summed E-state index contributed by atoms with van der Waals surface area (Å²) in [5.74, 6) is -0.898. The molecular formula is C28H28N4O5S. The molecule has 0 spiro atoms. The summed E-state index contributed by atoms with van der Waals surface area (Å²) in [6.07, 6.45) is 5.30. The van der Waals surface area contributed by atoms with E-state index in [1.165, 1.54) is 23.3 Å². The Bertz CT molecular complexity index is 1560. The van der Waals surface area contributed by atoms with Crippen LogP contribution in [0.1, 0.15) is 48.3 Å². The summed E-state index contributed by atoms with van der Waals surface area (Å²) in [6, 6.07) is 8.12. The fourth-order valence-electron chi connectivity index (χ4n) is 4.65. The Morgan fingerprint density at radius 1 is 1.18 bits per heavy atom. The van der Waals surface area contributed by atoms with Crippen molar-refractivity contribution in [3.63, 3.8) is 0 Å². The number of unbranched alkanes of at least 4 members (excludes halogenated alkanes) is 1. The van der Waals surface area contributed by atoms with Crippen LogP contribution in [-0.4, -0.2) is 44.9 Å². The maximum atomic E-state index is 13.5. The summed E-state index contributed by atoms with van der Waals surface area (Å²) in [5.41, 5.74) is 2.98. The molecule has 1 saturated heterocycles. The lowest BCUT2D eigenvalue weighted by atomic mass is 9.96. The number of Topliss-reactive ketones (excluding diaryl/α,β-unsaturated/α-hetero) is 1. The quantitative estimate of drug-likeness (QED) is 0.143. The molecule has 38 heavy (non-hydrogen) atoms. The minimum absolute atomic E-state index is 0.0592. The van der Waals surface area contributed by atoms with Crippen LogP contribution in [-0.2, 0) is 9.59 Å². The van der Waals surface area contributed by atoms with Gasteiger partial charge in [-0.2, -0.15) is 0 Å². The Hall–Kier alpha value is -4.18. The zero-order valence-corrected chi connectivity index (χ0v) is 22.4. The maximum absolute atomic E-state index is 13.5. The number of carbonyl (C=O) groups is 2. The first-order chi connectivity index (χ1) is 18.4. The number of carbonyl (C=O) groups excluding carboxylic acids is 2. The van der Waals surface area contributed by atoms with Crippen molar-refractivity contribution in [1.29, 1.82) is 0 Å². The molecule has 0 aliphatic carbocycles. The summed E-state index contributed by atoms with van der Waals surface area (Å²) < 4.78 is 13.3. The van der Waals surface area contributed by atoms with E-state index >= 15 is 0 Å². The van der Waals surface area contributed by atoms with Gasteiger partial charge in [-0.25, -0.2) is 9.97 Å². The normalized spacial score (nSPS) is 16.9. The molecule has 5 rings (SSSR count). The Morgan fingerprint density at radius 3 is 2.68 bits per heavy atom. The number of pyridine rings is 1. The number of nitrogens with zero attached hydrogens (tertiary/aromatic N) is 4. The van der Waals surface area contributed by atoms with Crippen molar-refractivity contribution in [3.8, 4) is 11.5 Å². The fraction of sp³-hybridized carbons (Fsp3) is 0.286. The van der Waals surface area contributed by atoms with Crippen LogP contribution < -0.4 is 14.4 Å². The Kier molecular flexibility index (Phi) is 6.90. The minimum atomic E-state index is -0.940. The van der Waals surface area contributed by atoms with Gasteiger partial charge in [0, 0.05) is 17.8 Å². The van der Waals surface area contributed by atoms with E-state index in [1.807, 2.05) is 36.6 Å². The summed E-state index contributed by atoms with van der Waals surface area (Å²) in [7, 11) is 1.53. The number of hydrogen-bond acceptors (Lipinski definition) is 8. The lowest BCUT2D eigenvalue weighted by molar-refractivity contribution is -0.132. The van der Waals surface area contributed by atoms with Crippen LogP contribution in [0.3, 0.4) is 0 Å². The van der Waals surface area contributed by atoms with Crippen LogP contribution in [0.5, 0.6) is 11.5 Å². The molecule has 1 aromatic carbocycles. The van der Waals surface area contributed by atoms with Gasteiger partial charge in [0.2, 0.25) is 0 Å². The molecule has 9 nitrogen and oxygen atoms in total. The van der Waals surface area contributed by atoms with Crippen molar-refractivity contribution in [1.82, 2.24) is 14.4 Å². The third kappa shape index (κ3) is 4.20. The highest BCUT2D eigenvalue weighted by Crippen LogP contribution is 2.44. The summed E-state index contributed by atoms with van der Waals surface area (Å²) in [6.45, 7) is 6.35. The largest absolute Gasteiger partial charge is 0.505 e. The van der Waals surface area contributed by atoms with Crippen molar-refractivity contribution in [2.24, 2.45) is 0 Å². The predicted octanol–water partition coefficient (Wildman–Crippen LogP) is 5.22. The molecule has 10 heteroatoms. The number of imidazole rings is 1. The topological polar surface area (TPSA) is 106 Å². The number of methoxy groups -OCH3 is 1. The summed E-state index contributed by atoms with van der Waals surface area (Å²) >= 11 is 1.23. The standard InChI is InChI=1S/C28H28N4O5S/c1-5-6-13-37-19-10-9-18(15-20(19)36-4)23-21(25(34)27(35)32(23)28-29-11-14-38-28)24(33)22-17(3)31-12-7-8-16(2)26(31)30-22/h7-12,14-15,23,33H,5-6,13H2,1-4H3. The van der Waals surface area contributed by atoms with E-state index in [0.717, 1.165) is 18.4 Å². The Balaban J connectivity index is 1.70. The highest BCUT2D eigenvalue weighted by Gasteiger charge is 2.48. The molecule has 1 atom stereocenters. The molecule has 1 aliphatic rings. The number of hydrogen-bond donors (Lipinski definition) is 1. The van der Waals surface area contributed by atoms with E-state index in [4.69, 9.17) is 9.47 Å². The van der Waals surface area contributed by atoms with Gasteiger partial charge in [-0.1, -0.05) is 25.5 Å². The molecule has 1 fully saturated rings. The first-order valence-corrected chi connectivity index (χ1v) is 13.2. The first-order valence-electron chi connectivity index (χ1n) is 12.3. The number of benzene rings is 1. The number of amides is 1. The van der Waals surface area contributed by atoms with E-state index < -0.39 is 17.7 Å². The third-order valence-corrected chi connectivity index (χ3v) is 7.41. The number of aliphatic hydroxyl groups is 1. The average molecular weight is 533 g/mol. The number of aromatic nitrogens is 3. The number of ketones is 1. The second kappa shape index (κ2) is 10.3. The molecule has 4 heterocycles. The fourth-order valence-corrected chi connectivity index (χ4v) is 5.32. The van der Waals surface area contributed by atoms with E-state index in [0.29, 0.717) is 40.1 Å². The predicted molar refractivity (Wildman–Crippen MR) is 145 cm³/mol. The number of aryl methyl sites for hydroxylation is 2. The van der Waals surface area contributed by atoms with Gasteiger partial charge in [-0.05, 0) is 49.6 Å². The smallest absolute Gasteiger partial charge is 0.301 e. The van der Waals surface area contributed by atoms with Gasteiger partial charge >= 0.3 is 5.91 Å². The lowest BCUT2D eigenvalue weighted by Crippen LogP contribution is -2.29. The molecule has 1 aliphatic heterocycles. The molecule has 1 unspecified atom stereocenters. The molecular weight excluding hydrogens is 504 g/mol. The zero-order valence-electron chi connectivity index (χ0n) is 21.6. The number of anilines is 1. The van der Waals surface area contributed by atoms with E-state index in [2.05, 4.69) is 16.9 Å². The van der Waals surface area contributed by atoms with Crippen molar-refractivity contribution < 1.29 is 24.2 Å². The number of rotatable bonds is 8. The van der Waals surface area contributed by atoms with Gasteiger partial charge in [-0.15, -0.1) is 11.3 Å². The molecule has 4 aromatic rings. The number of ether oxygens (including phenoxy) is 2. The molecule has 0 saturated carbocycles. The van der Waals surface area contributed by atoms with Crippen LogP contribution in [0.25, 0.3) is 11.4 Å². The third-order valence-electron chi connectivity index (χ3n) is 6.64. The number of fused-ring (bicyclic) bond motifs is 1. The monoisotopic (exact) mass is 532 g/mol. The molecule has 1 amide bonds. The van der Waals surface area contributed by atoms with Crippen LogP contribution >= 0.6 is 11.3 Å². The van der Waals surface area contributed by atoms with Gasteiger partial charge in [0.1, 0.15) is 11.3 Å². The van der Waals surface area contributed by atoms with Gasteiger partial charge in [0.05, 0.1) is 31.0 Å². The molecule has 0 radical (unpaired) electrons. The van der Waals surface area contributed by atoms with Crippen LogP contribution in [0.15, 0.2) is 53.7 Å². The molecule has 0 bridgehead atoms. The first kappa shape index (κ1) is 25.5.